The van der Waals surface area contributed by atoms with Crippen molar-refractivity contribution >= 4 is 28.9 Å². The predicted molar refractivity (Wildman–Crippen MR) is 75.6 cm³/mol. The average molecular weight is 275 g/mol. The third-order valence-corrected chi connectivity index (χ3v) is 3.77. The monoisotopic (exact) mass is 275 g/mol. The van der Waals surface area contributed by atoms with Crippen molar-refractivity contribution in [2.24, 2.45) is 5.92 Å². The van der Waals surface area contributed by atoms with Crippen LogP contribution in [-0.4, -0.2) is 18.4 Å². The highest BCUT2D eigenvalue weighted by Gasteiger charge is 2.24. The van der Waals surface area contributed by atoms with E-state index in [1.54, 1.807) is 12.1 Å². The first-order valence-corrected chi connectivity index (χ1v) is 6.80. The van der Waals surface area contributed by atoms with Gasteiger partial charge in [0.1, 0.15) is 5.75 Å². The summed E-state index contributed by atoms with van der Waals surface area (Å²) in [7, 11) is 0. The Hall–Kier alpha value is -2.24. The summed E-state index contributed by atoms with van der Waals surface area (Å²) in [6.07, 6.45) is 4.05. The Morgan fingerprint density at radius 3 is 2.85 bits per heavy atom. The molecule has 0 spiro atoms. The first-order valence-electron chi connectivity index (χ1n) is 6.80. The molecule has 0 aromatic heterocycles. The molecule has 0 atom stereocenters. The molecule has 1 heterocycles. The molecule has 4 N–H and O–H groups in total. The molecule has 3 rings (SSSR count). The molecular formula is C14H17N3O3. The van der Waals surface area contributed by atoms with E-state index >= 15 is 0 Å². The maximum Gasteiger partial charge on any atom is 0.262 e. The van der Waals surface area contributed by atoms with Gasteiger partial charge in [0.2, 0.25) is 5.91 Å². The fourth-order valence-corrected chi connectivity index (χ4v) is 2.67. The number of nitrogens with one attached hydrogen (secondary N) is 2. The van der Waals surface area contributed by atoms with Crippen LogP contribution in [0.5, 0.6) is 5.75 Å². The zero-order chi connectivity index (χ0) is 14.1. The van der Waals surface area contributed by atoms with E-state index < -0.39 is 0 Å². The molecule has 1 aromatic carbocycles. The summed E-state index contributed by atoms with van der Waals surface area (Å²) in [5.41, 5.74) is 7.41. The lowest BCUT2D eigenvalue weighted by Crippen LogP contribution is -2.26. The molecule has 6 heteroatoms. The summed E-state index contributed by atoms with van der Waals surface area (Å²) in [6.45, 7) is -0.0137. The number of hydrogen-bond donors (Lipinski definition) is 3. The van der Waals surface area contributed by atoms with Gasteiger partial charge in [0.25, 0.3) is 5.91 Å². The maximum absolute atomic E-state index is 12.1. The van der Waals surface area contributed by atoms with E-state index in [0.717, 1.165) is 25.7 Å². The number of benzene rings is 1. The van der Waals surface area contributed by atoms with Crippen LogP contribution in [0.1, 0.15) is 25.7 Å². The molecule has 2 amide bonds. The van der Waals surface area contributed by atoms with Crippen LogP contribution in [0.4, 0.5) is 17.1 Å². The smallest absolute Gasteiger partial charge is 0.262 e. The van der Waals surface area contributed by atoms with Crippen LogP contribution in [-0.2, 0) is 9.59 Å². The van der Waals surface area contributed by atoms with Crippen molar-refractivity contribution in [2.45, 2.75) is 25.7 Å². The van der Waals surface area contributed by atoms with Gasteiger partial charge in [-0.3, -0.25) is 9.59 Å². The van der Waals surface area contributed by atoms with Crippen molar-refractivity contribution in [1.29, 1.82) is 0 Å². The summed E-state index contributed by atoms with van der Waals surface area (Å²) in [5.74, 6) is 0.379. The fraction of sp³-hybridized carbons (Fsp3) is 0.429. The highest BCUT2D eigenvalue weighted by molar-refractivity contribution is 6.00. The number of rotatable bonds is 2. The van der Waals surface area contributed by atoms with Gasteiger partial charge in [-0.05, 0) is 18.9 Å². The molecule has 20 heavy (non-hydrogen) atoms. The zero-order valence-corrected chi connectivity index (χ0v) is 11.1. The summed E-state index contributed by atoms with van der Waals surface area (Å²) >= 11 is 0. The molecule has 0 unspecified atom stereocenters. The Balaban J connectivity index is 1.80. The number of ether oxygens (including phenoxy) is 1. The summed E-state index contributed by atoms with van der Waals surface area (Å²) in [5, 5.41) is 5.55. The summed E-state index contributed by atoms with van der Waals surface area (Å²) < 4.78 is 5.27. The lowest BCUT2D eigenvalue weighted by Gasteiger charge is -2.20. The van der Waals surface area contributed by atoms with Gasteiger partial charge in [-0.2, -0.15) is 0 Å². The van der Waals surface area contributed by atoms with Crippen molar-refractivity contribution in [1.82, 2.24) is 0 Å². The van der Waals surface area contributed by atoms with Crippen LogP contribution < -0.4 is 21.1 Å². The molecule has 1 aliphatic heterocycles. The van der Waals surface area contributed by atoms with Crippen molar-refractivity contribution in [3.8, 4) is 5.75 Å². The van der Waals surface area contributed by atoms with Crippen LogP contribution in [0.15, 0.2) is 12.1 Å². The average Bonchev–Trinajstić information content (AvgIpc) is 2.94. The first kappa shape index (κ1) is 12.8. The van der Waals surface area contributed by atoms with E-state index in [1.807, 2.05) is 0 Å². The van der Waals surface area contributed by atoms with Crippen molar-refractivity contribution in [3.63, 3.8) is 0 Å². The quantitative estimate of drug-likeness (QED) is 0.716. The third kappa shape index (κ3) is 2.41. The summed E-state index contributed by atoms with van der Waals surface area (Å²) in [4.78, 5) is 23.4. The minimum Gasteiger partial charge on any atom is -0.482 e. The standard InChI is InChI=1S/C14H17N3O3/c15-9-5-12-11(16-13(18)7-20-12)6-10(9)17-14(19)8-3-1-2-4-8/h5-6,8H,1-4,7,15H2,(H,16,18)(H,17,19). The lowest BCUT2D eigenvalue weighted by atomic mass is 10.1. The fourth-order valence-electron chi connectivity index (χ4n) is 2.67. The van der Waals surface area contributed by atoms with Crippen LogP contribution in [0, 0.1) is 5.92 Å². The molecule has 106 valence electrons. The molecule has 2 aliphatic rings. The van der Waals surface area contributed by atoms with E-state index in [2.05, 4.69) is 10.6 Å². The van der Waals surface area contributed by atoms with Gasteiger partial charge in [-0.25, -0.2) is 0 Å². The number of hydrogen-bond acceptors (Lipinski definition) is 4. The molecule has 0 saturated heterocycles. The minimum atomic E-state index is -0.213. The lowest BCUT2D eigenvalue weighted by molar-refractivity contribution is -0.120. The van der Waals surface area contributed by atoms with Gasteiger partial charge < -0.3 is 21.1 Å². The number of nitrogens with two attached hydrogens (primary N) is 1. The number of nitrogen functional groups attached to an aromatic ring is 1. The van der Waals surface area contributed by atoms with Gasteiger partial charge in [-0.1, -0.05) is 12.8 Å². The van der Waals surface area contributed by atoms with Gasteiger partial charge in [0, 0.05) is 12.0 Å². The van der Waals surface area contributed by atoms with Gasteiger partial charge in [0.05, 0.1) is 17.1 Å². The number of amides is 2. The zero-order valence-electron chi connectivity index (χ0n) is 11.1. The highest BCUT2D eigenvalue weighted by atomic mass is 16.5. The van der Waals surface area contributed by atoms with Crippen molar-refractivity contribution < 1.29 is 14.3 Å². The van der Waals surface area contributed by atoms with E-state index in [0.29, 0.717) is 22.8 Å². The Labute approximate surface area is 116 Å². The van der Waals surface area contributed by atoms with Crippen LogP contribution in [0.3, 0.4) is 0 Å². The summed E-state index contributed by atoms with van der Waals surface area (Å²) in [6, 6.07) is 3.27. The molecule has 1 fully saturated rings. The number of fused-ring (bicyclic) bond motifs is 1. The largest absolute Gasteiger partial charge is 0.482 e. The maximum atomic E-state index is 12.1. The van der Waals surface area contributed by atoms with Gasteiger partial charge in [-0.15, -0.1) is 0 Å². The number of carbonyl (C=O) groups is 2. The van der Waals surface area contributed by atoms with Crippen molar-refractivity contribution in [2.75, 3.05) is 23.0 Å². The Morgan fingerprint density at radius 1 is 1.35 bits per heavy atom. The second-order valence-electron chi connectivity index (χ2n) is 5.24. The van der Waals surface area contributed by atoms with E-state index in [9.17, 15) is 9.59 Å². The Bertz CT molecular complexity index is 565. The molecule has 1 aromatic rings. The second kappa shape index (κ2) is 5.03. The Kier molecular flexibility index (Phi) is 3.22. The van der Waals surface area contributed by atoms with Crippen LogP contribution in [0.2, 0.25) is 0 Å². The topological polar surface area (TPSA) is 93.5 Å². The first-order chi connectivity index (χ1) is 9.63. The molecule has 6 nitrogen and oxygen atoms in total. The molecule has 1 aliphatic carbocycles. The SMILES string of the molecule is Nc1cc2c(cc1NC(=O)C1CCCC1)NC(=O)CO2. The molecule has 0 radical (unpaired) electrons. The van der Waals surface area contributed by atoms with Crippen LogP contribution in [0.25, 0.3) is 0 Å². The van der Waals surface area contributed by atoms with Gasteiger partial charge in [0.15, 0.2) is 6.61 Å². The van der Waals surface area contributed by atoms with Crippen molar-refractivity contribution in [3.05, 3.63) is 12.1 Å². The highest BCUT2D eigenvalue weighted by Crippen LogP contribution is 2.36. The minimum absolute atomic E-state index is 0.00259. The Morgan fingerprint density at radius 2 is 2.10 bits per heavy atom. The third-order valence-electron chi connectivity index (χ3n) is 3.77. The second-order valence-corrected chi connectivity index (χ2v) is 5.24. The normalized spacial score (nSPS) is 18.1. The van der Waals surface area contributed by atoms with Crippen LogP contribution >= 0.6 is 0 Å². The number of anilines is 3. The van der Waals surface area contributed by atoms with E-state index in [4.69, 9.17) is 10.5 Å². The number of carbonyl (C=O) groups excluding carboxylic acids is 2. The van der Waals surface area contributed by atoms with E-state index in [-0.39, 0.29) is 24.3 Å². The van der Waals surface area contributed by atoms with E-state index in [1.165, 1.54) is 0 Å². The molecule has 1 saturated carbocycles. The molecule has 0 bridgehead atoms. The predicted octanol–water partition coefficient (Wildman–Crippen LogP) is 1.73. The van der Waals surface area contributed by atoms with Gasteiger partial charge >= 0.3 is 0 Å². The molecular weight excluding hydrogens is 258 g/mol.